The maximum Gasteiger partial charge on any atom is 0.416 e. The van der Waals surface area contributed by atoms with Crippen LogP contribution in [-0.2, 0) is 6.18 Å². The van der Waals surface area contributed by atoms with Crippen molar-refractivity contribution in [3.8, 4) is 0 Å². The molecule has 76 valence electrons. The summed E-state index contributed by atoms with van der Waals surface area (Å²) in [6.07, 6.45) is -3.43. The molecule has 4 N–H and O–H groups in total. The third-order valence-corrected chi connectivity index (χ3v) is 1.32. The number of nitrogens with two attached hydrogens (primary N) is 2. The van der Waals surface area contributed by atoms with Gasteiger partial charge in [-0.25, -0.2) is 4.98 Å². The number of nitrogens with zero attached hydrogens (tertiary/aromatic N) is 2. The van der Waals surface area contributed by atoms with E-state index in [0.29, 0.717) is 0 Å². The molecule has 4 nitrogen and oxygen atoms in total. The third-order valence-electron chi connectivity index (χ3n) is 1.32. The molecule has 0 aliphatic carbocycles. The average molecular weight is 204 g/mol. The Bertz CT molecular complexity index is 354. The van der Waals surface area contributed by atoms with Crippen molar-refractivity contribution in [3.63, 3.8) is 0 Å². The van der Waals surface area contributed by atoms with Gasteiger partial charge in [0.1, 0.15) is 0 Å². The first kappa shape index (κ1) is 10.3. The highest BCUT2D eigenvalue weighted by Gasteiger charge is 2.30. The summed E-state index contributed by atoms with van der Waals surface area (Å²) >= 11 is 0. The summed E-state index contributed by atoms with van der Waals surface area (Å²) < 4.78 is 36.5. The van der Waals surface area contributed by atoms with Crippen LogP contribution in [0.3, 0.4) is 0 Å². The van der Waals surface area contributed by atoms with E-state index < -0.39 is 11.7 Å². The number of halogens is 3. The van der Waals surface area contributed by atoms with Crippen molar-refractivity contribution in [2.75, 3.05) is 0 Å². The molecule has 0 aliphatic heterocycles. The predicted octanol–water partition coefficient (Wildman–Crippen LogP) is 1.01. The van der Waals surface area contributed by atoms with E-state index in [0.717, 1.165) is 18.3 Å². The molecule has 0 unspecified atom stereocenters. The first-order valence-electron chi connectivity index (χ1n) is 3.52. The predicted molar refractivity (Wildman–Crippen MR) is 44.7 cm³/mol. The van der Waals surface area contributed by atoms with Gasteiger partial charge in [-0.2, -0.15) is 18.2 Å². The summed E-state index contributed by atoms with van der Waals surface area (Å²) in [7, 11) is 0. The van der Waals surface area contributed by atoms with Crippen LogP contribution in [0.25, 0.3) is 0 Å². The van der Waals surface area contributed by atoms with Gasteiger partial charge in [0.25, 0.3) is 0 Å². The second kappa shape index (κ2) is 3.52. The molecule has 0 fully saturated rings. The standard InChI is InChI=1S/C7H7F3N4/c8-7(9,10)4-1-2-13-5(3-4)14-6(11)12/h1-3H,(H4,11,12,13,14). The fourth-order valence-corrected chi connectivity index (χ4v) is 0.788. The summed E-state index contributed by atoms with van der Waals surface area (Å²) in [5.41, 5.74) is 9.14. The second-order valence-corrected chi connectivity index (χ2v) is 2.44. The number of guanidine groups is 1. The number of aliphatic imine (C=N–C) groups is 1. The molecular weight excluding hydrogens is 197 g/mol. The largest absolute Gasteiger partial charge is 0.416 e. The monoisotopic (exact) mass is 204 g/mol. The first-order chi connectivity index (χ1) is 6.39. The Kier molecular flexibility index (Phi) is 2.59. The van der Waals surface area contributed by atoms with Crippen molar-refractivity contribution in [1.29, 1.82) is 0 Å². The molecular formula is C7H7F3N4. The Morgan fingerprint density at radius 2 is 2.00 bits per heavy atom. The molecule has 0 aliphatic rings. The van der Waals surface area contributed by atoms with Crippen LogP contribution in [0.1, 0.15) is 5.56 Å². The Morgan fingerprint density at radius 1 is 1.36 bits per heavy atom. The van der Waals surface area contributed by atoms with E-state index in [2.05, 4.69) is 9.98 Å². The molecule has 0 aromatic carbocycles. The smallest absolute Gasteiger partial charge is 0.370 e. The van der Waals surface area contributed by atoms with Crippen molar-refractivity contribution in [2.45, 2.75) is 6.18 Å². The van der Waals surface area contributed by atoms with Gasteiger partial charge < -0.3 is 11.5 Å². The molecule has 0 bridgehead atoms. The molecule has 0 spiro atoms. The fourth-order valence-electron chi connectivity index (χ4n) is 0.788. The number of hydrogen-bond acceptors (Lipinski definition) is 2. The third kappa shape index (κ3) is 2.61. The Morgan fingerprint density at radius 3 is 2.50 bits per heavy atom. The molecule has 0 radical (unpaired) electrons. The second-order valence-electron chi connectivity index (χ2n) is 2.44. The molecule has 14 heavy (non-hydrogen) atoms. The number of alkyl halides is 3. The van der Waals surface area contributed by atoms with Gasteiger partial charge >= 0.3 is 6.18 Å². The van der Waals surface area contributed by atoms with Gasteiger partial charge in [-0.15, -0.1) is 0 Å². The zero-order chi connectivity index (χ0) is 10.8. The molecule has 1 heterocycles. The normalized spacial score (nSPS) is 11.1. The molecule has 1 aromatic rings. The van der Waals surface area contributed by atoms with E-state index in [9.17, 15) is 13.2 Å². The summed E-state index contributed by atoms with van der Waals surface area (Å²) in [5, 5.41) is 0. The molecule has 1 rings (SSSR count). The summed E-state index contributed by atoms with van der Waals surface area (Å²) in [5.74, 6) is -0.503. The van der Waals surface area contributed by atoms with E-state index in [1.807, 2.05) is 0 Å². The quantitative estimate of drug-likeness (QED) is 0.529. The fraction of sp³-hybridized carbons (Fsp3) is 0.143. The van der Waals surface area contributed by atoms with Crippen LogP contribution in [0.15, 0.2) is 23.3 Å². The number of pyridine rings is 1. The van der Waals surface area contributed by atoms with Crippen molar-refractivity contribution in [1.82, 2.24) is 4.98 Å². The van der Waals surface area contributed by atoms with E-state index in [-0.39, 0.29) is 11.8 Å². The number of aromatic nitrogens is 1. The SMILES string of the molecule is NC(N)=Nc1cc(C(F)(F)F)ccn1. The van der Waals surface area contributed by atoms with Crippen LogP contribution in [0, 0.1) is 0 Å². The molecule has 7 heteroatoms. The minimum Gasteiger partial charge on any atom is -0.370 e. The highest BCUT2D eigenvalue weighted by molar-refractivity contribution is 5.78. The van der Waals surface area contributed by atoms with E-state index in [1.54, 1.807) is 0 Å². The highest BCUT2D eigenvalue weighted by atomic mass is 19.4. The first-order valence-corrected chi connectivity index (χ1v) is 3.52. The van der Waals surface area contributed by atoms with Crippen molar-refractivity contribution >= 4 is 11.8 Å². The molecule has 0 saturated heterocycles. The zero-order valence-corrected chi connectivity index (χ0v) is 6.92. The van der Waals surface area contributed by atoms with Gasteiger partial charge in [0.15, 0.2) is 11.8 Å². The Labute approximate surface area is 77.5 Å². The lowest BCUT2D eigenvalue weighted by atomic mass is 10.2. The molecule has 0 atom stereocenters. The minimum absolute atomic E-state index is 0.167. The topological polar surface area (TPSA) is 77.3 Å². The van der Waals surface area contributed by atoms with Crippen molar-refractivity contribution in [2.24, 2.45) is 16.5 Å². The van der Waals surface area contributed by atoms with Gasteiger partial charge in [0.2, 0.25) is 0 Å². The van der Waals surface area contributed by atoms with Crippen LogP contribution in [0.2, 0.25) is 0 Å². The Hall–Kier alpha value is -1.79. The highest BCUT2D eigenvalue weighted by Crippen LogP contribution is 2.30. The van der Waals surface area contributed by atoms with Crippen molar-refractivity contribution in [3.05, 3.63) is 23.9 Å². The van der Waals surface area contributed by atoms with Crippen LogP contribution < -0.4 is 11.5 Å². The van der Waals surface area contributed by atoms with E-state index in [1.165, 1.54) is 0 Å². The molecule has 0 saturated carbocycles. The number of hydrogen-bond donors (Lipinski definition) is 2. The summed E-state index contributed by atoms with van der Waals surface area (Å²) in [4.78, 5) is 6.94. The van der Waals surface area contributed by atoms with Gasteiger partial charge in [-0.05, 0) is 12.1 Å². The average Bonchev–Trinajstić information content (AvgIpc) is 2.01. The summed E-state index contributed by atoms with van der Waals surface area (Å²) in [6, 6.07) is 1.60. The summed E-state index contributed by atoms with van der Waals surface area (Å²) in [6.45, 7) is 0. The molecule has 1 aromatic heterocycles. The van der Waals surface area contributed by atoms with Crippen LogP contribution in [0.5, 0.6) is 0 Å². The maximum absolute atomic E-state index is 12.2. The van der Waals surface area contributed by atoms with Gasteiger partial charge in [-0.1, -0.05) is 0 Å². The van der Waals surface area contributed by atoms with Crippen molar-refractivity contribution < 1.29 is 13.2 Å². The van der Waals surface area contributed by atoms with Crippen LogP contribution in [-0.4, -0.2) is 10.9 Å². The van der Waals surface area contributed by atoms with E-state index in [4.69, 9.17) is 11.5 Å². The van der Waals surface area contributed by atoms with Crippen LogP contribution >= 0.6 is 0 Å². The lowest BCUT2D eigenvalue weighted by Gasteiger charge is -2.05. The molecule has 0 amide bonds. The van der Waals surface area contributed by atoms with Gasteiger partial charge in [-0.3, -0.25) is 0 Å². The zero-order valence-electron chi connectivity index (χ0n) is 6.92. The number of rotatable bonds is 1. The van der Waals surface area contributed by atoms with E-state index >= 15 is 0 Å². The maximum atomic E-state index is 12.2. The minimum atomic E-state index is -4.42. The lowest BCUT2D eigenvalue weighted by molar-refractivity contribution is -0.137. The van der Waals surface area contributed by atoms with Gasteiger partial charge in [0.05, 0.1) is 5.56 Å². The Balaban J connectivity index is 3.08. The van der Waals surface area contributed by atoms with Crippen LogP contribution in [0.4, 0.5) is 19.0 Å². The lowest BCUT2D eigenvalue weighted by Crippen LogP contribution is -2.22. The van der Waals surface area contributed by atoms with Gasteiger partial charge in [0, 0.05) is 6.20 Å².